The fourth-order valence-corrected chi connectivity index (χ4v) is 6.55. The number of nitrogens with one attached hydrogen (secondary N) is 1. The summed E-state index contributed by atoms with van der Waals surface area (Å²) in [5.74, 6) is -0.476. The van der Waals surface area contributed by atoms with E-state index in [9.17, 15) is 24.1 Å². The molecule has 2 amide bonds. The van der Waals surface area contributed by atoms with Gasteiger partial charge >= 0.3 is 0 Å². The molecule has 0 atom stereocenters. The minimum Gasteiger partial charge on any atom is -0.339 e. The zero-order chi connectivity index (χ0) is 30.4. The highest BCUT2D eigenvalue weighted by Gasteiger charge is 2.47. The molecule has 1 aromatic heterocycles. The van der Waals surface area contributed by atoms with Gasteiger partial charge in [-0.25, -0.2) is 9.37 Å². The number of fused-ring (bicyclic) bond motifs is 3. The van der Waals surface area contributed by atoms with Crippen molar-refractivity contribution in [3.63, 3.8) is 0 Å². The molecule has 1 fully saturated rings. The Morgan fingerprint density at radius 3 is 2.43 bits per heavy atom. The van der Waals surface area contributed by atoms with Crippen molar-refractivity contribution in [3.05, 3.63) is 135 Å². The topological polar surface area (TPSA) is 112 Å². The van der Waals surface area contributed by atoms with Gasteiger partial charge in [0.15, 0.2) is 5.82 Å². The molecule has 44 heavy (non-hydrogen) atoms. The van der Waals surface area contributed by atoms with E-state index in [2.05, 4.69) is 16.0 Å². The van der Waals surface area contributed by atoms with Gasteiger partial charge in [-0.3, -0.25) is 19.7 Å². The average Bonchev–Trinajstić information content (AvgIpc) is 3.61. The SMILES string of the molecule is O=C(c1ccc(Cc2cccc(F)c2)cc1)N1CCC2(CC1)CN(C(=O)c1nc3ccc([N+](=O)[O-])cc3[nH]1)c1ccccc12. The largest absolute Gasteiger partial charge is 0.339 e. The highest BCUT2D eigenvalue weighted by atomic mass is 19.1. The fraction of sp³-hybridized carbons (Fsp3) is 0.206. The second-order valence-electron chi connectivity index (χ2n) is 11.5. The van der Waals surface area contributed by atoms with Crippen LogP contribution in [0.2, 0.25) is 0 Å². The third-order valence-corrected chi connectivity index (χ3v) is 8.86. The molecule has 1 saturated heterocycles. The summed E-state index contributed by atoms with van der Waals surface area (Å²) < 4.78 is 13.6. The summed E-state index contributed by atoms with van der Waals surface area (Å²) in [4.78, 5) is 48.9. The molecule has 9 nitrogen and oxygen atoms in total. The molecule has 2 aliphatic heterocycles. The first-order valence-electron chi connectivity index (χ1n) is 14.5. The maximum absolute atomic E-state index is 13.8. The zero-order valence-corrected chi connectivity index (χ0v) is 23.7. The molecular weight excluding hydrogens is 561 g/mol. The van der Waals surface area contributed by atoms with E-state index in [0.717, 1.165) is 22.4 Å². The van der Waals surface area contributed by atoms with Crippen LogP contribution in [0.4, 0.5) is 15.8 Å². The maximum Gasteiger partial charge on any atom is 0.294 e. The standard InChI is InChI=1S/C34H28FN5O4/c35-25-5-3-4-23(19-25)18-22-8-10-24(11-9-22)32(41)38-16-14-34(15-17-38)21-39(30-7-2-1-6-27(30)34)33(42)31-36-28-13-12-26(40(43)44)20-29(28)37-31/h1-13,19-20H,14-18,21H2,(H,36,37). The van der Waals surface area contributed by atoms with Crippen molar-refractivity contribution in [1.82, 2.24) is 14.9 Å². The molecule has 1 spiro atoms. The second-order valence-corrected chi connectivity index (χ2v) is 11.5. The molecule has 0 aliphatic carbocycles. The number of piperidine rings is 1. The van der Waals surface area contributed by atoms with Gasteiger partial charge in [0.05, 0.1) is 16.0 Å². The van der Waals surface area contributed by atoms with Crippen LogP contribution in [-0.2, 0) is 11.8 Å². The van der Waals surface area contributed by atoms with Crippen LogP contribution in [0.3, 0.4) is 0 Å². The smallest absolute Gasteiger partial charge is 0.294 e. The van der Waals surface area contributed by atoms with Crippen molar-refractivity contribution in [1.29, 1.82) is 0 Å². The highest BCUT2D eigenvalue weighted by Crippen LogP contribution is 2.47. The molecule has 0 radical (unpaired) electrons. The van der Waals surface area contributed by atoms with Gasteiger partial charge in [0.1, 0.15) is 5.82 Å². The monoisotopic (exact) mass is 589 g/mol. The van der Waals surface area contributed by atoms with E-state index in [-0.39, 0.29) is 34.6 Å². The molecule has 0 unspecified atom stereocenters. The Hall–Kier alpha value is -5.38. The number of H-pyrrole nitrogens is 1. The highest BCUT2D eigenvalue weighted by molar-refractivity contribution is 6.07. The minimum absolute atomic E-state index is 0.0345. The average molecular weight is 590 g/mol. The van der Waals surface area contributed by atoms with Crippen LogP contribution in [0.5, 0.6) is 0 Å². The van der Waals surface area contributed by atoms with Crippen LogP contribution < -0.4 is 4.90 Å². The summed E-state index contributed by atoms with van der Waals surface area (Å²) in [6.07, 6.45) is 1.98. The van der Waals surface area contributed by atoms with E-state index < -0.39 is 4.92 Å². The van der Waals surface area contributed by atoms with Crippen molar-refractivity contribution in [2.24, 2.45) is 0 Å². The van der Waals surface area contributed by atoms with E-state index >= 15 is 0 Å². The van der Waals surface area contributed by atoms with Gasteiger partial charge in [0.25, 0.3) is 17.5 Å². The summed E-state index contributed by atoms with van der Waals surface area (Å²) in [7, 11) is 0. The lowest BCUT2D eigenvalue weighted by atomic mass is 9.74. The number of anilines is 1. The van der Waals surface area contributed by atoms with Gasteiger partial charge in [-0.05, 0) is 72.4 Å². The van der Waals surface area contributed by atoms with Gasteiger partial charge in [0, 0.05) is 48.4 Å². The van der Waals surface area contributed by atoms with E-state index in [0.29, 0.717) is 55.5 Å². The first-order valence-corrected chi connectivity index (χ1v) is 14.5. The first kappa shape index (κ1) is 27.5. The molecule has 0 saturated carbocycles. The van der Waals surface area contributed by atoms with Gasteiger partial charge < -0.3 is 14.8 Å². The lowest BCUT2D eigenvalue weighted by Crippen LogP contribution is -2.48. The summed E-state index contributed by atoms with van der Waals surface area (Å²) in [6, 6.07) is 26.1. The summed E-state index contributed by atoms with van der Waals surface area (Å²) in [5, 5.41) is 11.2. The van der Waals surface area contributed by atoms with Crippen LogP contribution in [-0.4, -0.2) is 51.2 Å². The van der Waals surface area contributed by atoms with E-state index in [1.807, 2.05) is 53.4 Å². The molecule has 1 N–H and O–H groups in total. The zero-order valence-electron chi connectivity index (χ0n) is 23.7. The van der Waals surface area contributed by atoms with Crippen LogP contribution >= 0.6 is 0 Å². The molecule has 4 aromatic carbocycles. The van der Waals surface area contributed by atoms with Crippen LogP contribution in [0.15, 0.2) is 91.0 Å². The van der Waals surface area contributed by atoms with Crippen molar-refractivity contribution in [3.8, 4) is 0 Å². The lowest BCUT2D eigenvalue weighted by molar-refractivity contribution is -0.384. The number of hydrogen-bond donors (Lipinski definition) is 1. The number of rotatable bonds is 5. The third kappa shape index (κ3) is 4.88. The minimum atomic E-state index is -0.482. The number of imidazole rings is 1. The Balaban J connectivity index is 1.06. The van der Waals surface area contributed by atoms with Gasteiger partial charge in [-0.1, -0.05) is 42.5 Å². The van der Waals surface area contributed by atoms with Crippen molar-refractivity contribution in [2.45, 2.75) is 24.7 Å². The van der Waals surface area contributed by atoms with Crippen LogP contribution in [0, 0.1) is 15.9 Å². The number of hydrogen-bond acceptors (Lipinski definition) is 5. The second kappa shape index (κ2) is 10.7. The molecule has 7 rings (SSSR count). The normalized spacial score (nSPS) is 15.5. The summed E-state index contributed by atoms with van der Waals surface area (Å²) in [5.41, 5.74) is 4.91. The van der Waals surface area contributed by atoms with Crippen molar-refractivity contribution >= 4 is 34.2 Å². The molecule has 2 aliphatic rings. The van der Waals surface area contributed by atoms with E-state index in [1.54, 1.807) is 11.0 Å². The molecule has 5 aromatic rings. The number of aromatic amines is 1. The number of nitrogens with zero attached hydrogens (tertiary/aromatic N) is 4. The predicted molar refractivity (Wildman–Crippen MR) is 163 cm³/mol. The first-order chi connectivity index (χ1) is 21.3. The number of amides is 2. The molecule has 220 valence electrons. The Morgan fingerprint density at radius 2 is 1.68 bits per heavy atom. The molecular formula is C34H28FN5O4. The van der Waals surface area contributed by atoms with Crippen molar-refractivity contribution < 1.29 is 18.9 Å². The lowest BCUT2D eigenvalue weighted by Gasteiger charge is -2.40. The number of nitro benzene ring substituents is 1. The van der Waals surface area contributed by atoms with E-state index in [1.165, 1.54) is 30.3 Å². The van der Waals surface area contributed by atoms with Crippen molar-refractivity contribution in [2.75, 3.05) is 24.5 Å². The number of halogens is 1. The van der Waals surface area contributed by atoms with Gasteiger partial charge in [-0.2, -0.15) is 0 Å². The van der Waals surface area contributed by atoms with Crippen LogP contribution in [0.25, 0.3) is 11.0 Å². The Labute approximate surface area is 252 Å². The Kier molecular flexibility index (Phi) is 6.68. The maximum atomic E-state index is 13.8. The number of aromatic nitrogens is 2. The van der Waals surface area contributed by atoms with E-state index in [4.69, 9.17) is 0 Å². The fourth-order valence-electron chi connectivity index (χ4n) is 6.55. The number of nitro groups is 1. The quantitative estimate of drug-likeness (QED) is 0.199. The number of likely N-dealkylation sites (tertiary alicyclic amines) is 1. The Bertz CT molecular complexity index is 1930. The Morgan fingerprint density at radius 1 is 0.909 bits per heavy atom. The number of benzene rings is 4. The predicted octanol–water partition coefficient (Wildman–Crippen LogP) is 6.04. The number of carbonyl (C=O) groups is 2. The molecule has 10 heteroatoms. The number of non-ortho nitro benzene ring substituents is 1. The van der Waals surface area contributed by atoms with Gasteiger partial charge in [-0.15, -0.1) is 0 Å². The number of carbonyl (C=O) groups excluding carboxylic acids is 2. The van der Waals surface area contributed by atoms with Gasteiger partial charge in [0.2, 0.25) is 0 Å². The summed E-state index contributed by atoms with van der Waals surface area (Å²) in [6.45, 7) is 1.56. The summed E-state index contributed by atoms with van der Waals surface area (Å²) >= 11 is 0. The van der Waals surface area contributed by atoms with Crippen LogP contribution in [0.1, 0.15) is 50.5 Å². The molecule has 0 bridgehead atoms. The molecule has 3 heterocycles. The number of para-hydroxylation sites is 1. The third-order valence-electron chi connectivity index (χ3n) is 8.86.